The molecule has 8 nitrogen and oxygen atoms in total. The van der Waals surface area contributed by atoms with Crippen molar-refractivity contribution in [2.24, 2.45) is 5.92 Å². The highest BCUT2D eigenvalue weighted by Gasteiger charge is 2.57. The van der Waals surface area contributed by atoms with Gasteiger partial charge in [-0.15, -0.1) is 0 Å². The lowest BCUT2D eigenvalue weighted by Gasteiger charge is -2.42. The number of carbonyl (C=O) groups excluding carboxylic acids is 2. The smallest absolute Gasteiger partial charge is 0.245 e. The van der Waals surface area contributed by atoms with E-state index in [1.165, 1.54) is 6.08 Å². The molecule has 2 N–H and O–H groups in total. The summed E-state index contributed by atoms with van der Waals surface area (Å²) >= 11 is 0. The monoisotopic (exact) mass is 478 g/mol. The molecule has 4 aromatic rings. The number of benzene rings is 1. The molecule has 2 fully saturated rings. The lowest BCUT2D eigenvalue weighted by Crippen LogP contribution is -2.45. The third-order valence-corrected chi connectivity index (χ3v) is 7.70. The minimum atomic E-state index is -0.216. The number of rotatable bonds is 6. The summed E-state index contributed by atoms with van der Waals surface area (Å²) in [6, 6.07) is 13.0. The van der Waals surface area contributed by atoms with Gasteiger partial charge in [-0.2, -0.15) is 0 Å². The Morgan fingerprint density at radius 2 is 1.97 bits per heavy atom. The zero-order chi connectivity index (χ0) is 24.9. The summed E-state index contributed by atoms with van der Waals surface area (Å²) in [6.45, 7) is 4.98. The van der Waals surface area contributed by atoms with Crippen molar-refractivity contribution in [3.05, 3.63) is 90.8 Å². The molecule has 1 saturated heterocycles. The second kappa shape index (κ2) is 8.41. The summed E-state index contributed by atoms with van der Waals surface area (Å²) in [5.74, 6) is 1.61. The summed E-state index contributed by atoms with van der Waals surface area (Å²) in [6.07, 6.45) is 8.91. The molecular formula is C28H26N6O2. The number of hydrogen-bond acceptors (Lipinski definition) is 6. The number of likely N-dealkylation sites (tertiary alicyclic amines) is 1. The zero-order valence-electron chi connectivity index (χ0n) is 19.8. The third-order valence-electron chi connectivity index (χ3n) is 7.70. The summed E-state index contributed by atoms with van der Waals surface area (Å²) in [7, 11) is 0. The molecule has 1 amide bonds. The van der Waals surface area contributed by atoms with E-state index >= 15 is 0 Å². The van der Waals surface area contributed by atoms with E-state index < -0.39 is 0 Å². The fourth-order valence-corrected chi connectivity index (χ4v) is 5.70. The standard InChI is InChI=1S/C28H26N6O2/c1-2-23(36)33-16-20-10-11-28(20,17-33)27-32-24(25-26(29)31-13-14-34(25)27)19-8-6-18(7-9-19)22(35)15-21-5-3-4-12-30-21/h2-9,12-14,20H,1,10-11,15-17H2,(H2,29,31). The van der Waals surface area contributed by atoms with Crippen LogP contribution in [0.5, 0.6) is 0 Å². The average Bonchev–Trinajstić information content (AvgIpc) is 3.41. The topological polar surface area (TPSA) is 106 Å². The van der Waals surface area contributed by atoms with E-state index in [1.807, 2.05) is 58.0 Å². The predicted molar refractivity (Wildman–Crippen MR) is 136 cm³/mol. The summed E-state index contributed by atoms with van der Waals surface area (Å²) < 4.78 is 2.03. The lowest BCUT2D eigenvalue weighted by atomic mass is 9.61. The van der Waals surface area contributed by atoms with Crippen molar-refractivity contribution in [2.45, 2.75) is 24.7 Å². The van der Waals surface area contributed by atoms with Crippen LogP contribution in [0.4, 0.5) is 5.82 Å². The maximum Gasteiger partial charge on any atom is 0.245 e. The van der Waals surface area contributed by atoms with Crippen LogP contribution in [0.25, 0.3) is 16.8 Å². The van der Waals surface area contributed by atoms with Gasteiger partial charge >= 0.3 is 0 Å². The highest BCUT2D eigenvalue weighted by atomic mass is 16.2. The maximum atomic E-state index is 12.8. The molecule has 2 unspecified atom stereocenters. The maximum absolute atomic E-state index is 12.8. The van der Waals surface area contributed by atoms with Gasteiger partial charge in [0.05, 0.1) is 11.8 Å². The van der Waals surface area contributed by atoms with Crippen molar-refractivity contribution >= 4 is 23.0 Å². The van der Waals surface area contributed by atoms with Gasteiger partial charge in [-0.25, -0.2) is 9.97 Å². The molecule has 4 heterocycles. The van der Waals surface area contributed by atoms with Crippen molar-refractivity contribution in [2.75, 3.05) is 18.8 Å². The van der Waals surface area contributed by atoms with Gasteiger partial charge in [0.15, 0.2) is 5.78 Å². The van der Waals surface area contributed by atoms with Gasteiger partial charge in [0.1, 0.15) is 22.9 Å². The van der Waals surface area contributed by atoms with Crippen LogP contribution in [0.1, 0.15) is 34.7 Å². The normalized spacial score (nSPS) is 20.7. The van der Waals surface area contributed by atoms with Crippen molar-refractivity contribution in [1.82, 2.24) is 24.3 Å². The number of carbonyl (C=O) groups is 2. The molecule has 0 spiro atoms. The molecule has 3 aromatic heterocycles. The predicted octanol–water partition coefficient (Wildman–Crippen LogP) is 3.47. The Morgan fingerprint density at radius 1 is 1.14 bits per heavy atom. The second-order valence-electron chi connectivity index (χ2n) is 9.63. The van der Waals surface area contributed by atoms with Crippen molar-refractivity contribution in [1.29, 1.82) is 0 Å². The van der Waals surface area contributed by atoms with Crippen molar-refractivity contribution < 1.29 is 9.59 Å². The van der Waals surface area contributed by atoms with E-state index in [4.69, 9.17) is 10.7 Å². The Labute approximate surface area is 208 Å². The van der Waals surface area contributed by atoms with Gasteiger partial charge in [0.25, 0.3) is 0 Å². The van der Waals surface area contributed by atoms with E-state index in [2.05, 4.69) is 16.5 Å². The number of aromatic nitrogens is 4. The molecule has 2 atom stereocenters. The zero-order valence-corrected chi connectivity index (χ0v) is 19.8. The summed E-state index contributed by atoms with van der Waals surface area (Å²) in [5.41, 5.74) is 9.83. The van der Waals surface area contributed by atoms with Crippen molar-refractivity contribution in [3.8, 4) is 11.3 Å². The molecule has 1 aliphatic carbocycles. The van der Waals surface area contributed by atoms with Crippen LogP contribution < -0.4 is 5.73 Å². The Morgan fingerprint density at radius 3 is 2.67 bits per heavy atom. The number of imidazole rings is 1. The molecule has 36 heavy (non-hydrogen) atoms. The Hall–Kier alpha value is -4.33. The number of amides is 1. The molecule has 1 aliphatic heterocycles. The first-order valence-electron chi connectivity index (χ1n) is 12.1. The van der Waals surface area contributed by atoms with Crippen LogP contribution in [0.2, 0.25) is 0 Å². The molecule has 180 valence electrons. The van der Waals surface area contributed by atoms with Gasteiger partial charge in [0.2, 0.25) is 5.91 Å². The van der Waals surface area contributed by atoms with E-state index in [1.54, 1.807) is 12.4 Å². The number of nitrogen functional groups attached to an aromatic ring is 1. The molecule has 8 heteroatoms. The second-order valence-corrected chi connectivity index (χ2v) is 9.63. The largest absolute Gasteiger partial charge is 0.382 e. The molecule has 6 rings (SSSR count). The molecule has 0 radical (unpaired) electrons. The summed E-state index contributed by atoms with van der Waals surface area (Å²) in [4.78, 5) is 40.7. The first kappa shape index (κ1) is 22.2. The van der Waals surface area contributed by atoms with Gasteiger partial charge < -0.3 is 10.6 Å². The van der Waals surface area contributed by atoms with E-state index in [0.717, 1.165) is 41.1 Å². The lowest BCUT2D eigenvalue weighted by molar-refractivity contribution is -0.125. The van der Waals surface area contributed by atoms with Crippen LogP contribution in [0.3, 0.4) is 0 Å². The van der Waals surface area contributed by atoms with Gasteiger partial charge in [-0.3, -0.25) is 19.0 Å². The number of anilines is 1. The Balaban J connectivity index is 1.37. The quantitative estimate of drug-likeness (QED) is 0.336. The van der Waals surface area contributed by atoms with Gasteiger partial charge in [-0.05, 0) is 37.0 Å². The number of hydrogen-bond donors (Lipinski definition) is 1. The van der Waals surface area contributed by atoms with Crippen LogP contribution in [0, 0.1) is 5.92 Å². The number of nitrogens with two attached hydrogens (primary N) is 1. The molecule has 1 aromatic carbocycles. The van der Waals surface area contributed by atoms with Gasteiger partial charge in [0, 0.05) is 48.5 Å². The van der Waals surface area contributed by atoms with E-state index in [9.17, 15) is 9.59 Å². The molecule has 2 aliphatic rings. The Bertz CT molecular complexity index is 1490. The highest BCUT2D eigenvalue weighted by Crippen LogP contribution is 2.54. The number of Topliss-reactive ketones (excluding diaryl/α,β-unsaturated/α-hetero) is 1. The average molecular weight is 479 g/mol. The first-order valence-corrected chi connectivity index (χ1v) is 12.1. The first-order chi connectivity index (χ1) is 17.5. The minimum Gasteiger partial charge on any atom is -0.382 e. The summed E-state index contributed by atoms with van der Waals surface area (Å²) in [5, 5.41) is 0. The van der Waals surface area contributed by atoms with Crippen LogP contribution >= 0.6 is 0 Å². The molecular weight excluding hydrogens is 452 g/mol. The molecule has 0 bridgehead atoms. The fraction of sp³-hybridized carbons (Fsp3) is 0.250. The Kier molecular flexibility index (Phi) is 5.17. The van der Waals surface area contributed by atoms with Crippen LogP contribution in [-0.2, 0) is 16.6 Å². The third kappa shape index (κ3) is 3.40. The highest BCUT2D eigenvalue weighted by molar-refractivity contribution is 5.98. The minimum absolute atomic E-state index is 0.00551. The molecule has 1 saturated carbocycles. The van der Waals surface area contributed by atoms with Crippen LogP contribution in [0.15, 0.2) is 73.7 Å². The number of fused-ring (bicyclic) bond motifs is 2. The fourth-order valence-electron chi connectivity index (χ4n) is 5.70. The van der Waals surface area contributed by atoms with Gasteiger partial charge in [-0.1, -0.05) is 36.9 Å². The SMILES string of the molecule is C=CC(=O)N1CC2CCC2(c2nc(-c3ccc(C(=O)Cc4ccccn4)cc3)c3c(N)nccn23)C1. The van der Waals surface area contributed by atoms with Crippen LogP contribution in [-0.4, -0.2) is 49.0 Å². The van der Waals surface area contributed by atoms with Crippen molar-refractivity contribution in [3.63, 3.8) is 0 Å². The number of nitrogens with zero attached hydrogens (tertiary/aromatic N) is 5. The number of pyridine rings is 1. The van der Waals surface area contributed by atoms with E-state index in [-0.39, 0.29) is 23.5 Å². The number of ketones is 1. The van der Waals surface area contributed by atoms with E-state index in [0.29, 0.717) is 30.4 Å².